The third-order valence-corrected chi connectivity index (χ3v) is 4.38. The van der Waals surface area contributed by atoms with E-state index in [-0.39, 0.29) is 5.91 Å². The summed E-state index contributed by atoms with van der Waals surface area (Å²) in [5, 5.41) is 11.0. The zero-order chi connectivity index (χ0) is 18.6. The van der Waals surface area contributed by atoms with Crippen LogP contribution in [-0.4, -0.2) is 35.0 Å². The second kappa shape index (κ2) is 7.36. The van der Waals surface area contributed by atoms with E-state index in [1.165, 1.54) is 5.56 Å². The lowest BCUT2D eigenvalue weighted by molar-refractivity contribution is 0.0943. The van der Waals surface area contributed by atoms with Crippen LogP contribution >= 0.6 is 0 Å². The molecule has 3 heterocycles. The van der Waals surface area contributed by atoms with Gasteiger partial charge in [0.1, 0.15) is 12.0 Å². The molecule has 8 nitrogen and oxygen atoms in total. The fourth-order valence-corrected chi connectivity index (χ4v) is 3.01. The molecule has 0 atom stereocenters. The summed E-state index contributed by atoms with van der Waals surface area (Å²) in [6, 6.07) is 12.0. The van der Waals surface area contributed by atoms with Crippen LogP contribution in [0.4, 0.5) is 0 Å². The Morgan fingerprint density at radius 2 is 2.04 bits per heavy atom. The van der Waals surface area contributed by atoms with Gasteiger partial charge in [-0.1, -0.05) is 30.3 Å². The van der Waals surface area contributed by atoms with Crippen molar-refractivity contribution in [2.45, 2.75) is 26.4 Å². The molecule has 0 saturated heterocycles. The van der Waals surface area contributed by atoms with Gasteiger partial charge in [0, 0.05) is 18.9 Å². The van der Waals surface area contributed by atoms with Crippen molar-refractivity contribution in [3.63, 3.8) is 0 Å². The first-order valence-corrected chi connectivity index (χ1v) is 8.71. The Balaban J connectivity index is 1.44. The first-order valence-electron chi connectivity index (χ1n) is 8.71. The molecule has 0 aliphatic carbocycles. The molecule has 0 unspecified atom stereocenters. The average Bonchev–Trinajstić information content (AvgIpc) is 3.28. The highest BCUT2D eigenvalue weighted by Gasteiger charge is 2.17. The van der Waals surface area contributed by atoms with Crippen molar-refractivity contribution in [1.82, 2.24) is 34.4 Å². The van der Waals surface area contributed by atoms with Crippen molar-refractivity contribution >= 4 is 11.7 Å². The van der Waals surface area contributed by atoms with Gasteiger partial charge < -0.3 is 9.88 Å². The highest BCUT2D eigenvalue weighted by molar-refractivity contribution is 5.94. The zero-order valence-corrected chi connectivity index (χ0v) is 14.9. The van der Waals surface area contributed by atoms with E-state index in [1.807, 2.05) is 22.8 Å². The van der Waals surface area contributed by atoms with Crippen molar-refractivity contribution in [2.24, 2.45) is 0 Å². The molecule has 8 heteroatoms. The fraction of sp³-hybridized carbons (Fsp3) is 0.211. The van der Waals surface area contributed by atoms with Crippen LogP contribution in [-0.2, 0) is 19.5 Å². The SMILES string of the molecule is Cc1nc2ncccn2c1C(=O)NCc1nncn1CCc1ccccc1. The molecule has 1 aromatic carbocycles. The Morgan fingerprint density at radius 3 is 2.89 bits per heavy atom. The minimum absolute atomic E-state index is 0.217. The maximum Gasteiger partial charge on any atom is 0.270 e. The van der Waals surface area contributed by atoms with E-state index in [0.717, 1.165) is 13.0 Å². The number of aromatic nitrogens is 6. The third kappa shape index (κ3) is 3.55. The van der Waals surface area contributed by atoms with E-state index in [2.05, 4.69) is 37.6 Å². The van der Waals surface area contributed by atoms with Crippen LogP contribution in [0.2, 0.25) is 0 Å². The Bertz CT molecular complexity index is 1070. The number of aryl methyl sites for hydroxylation is 3. The van der Waals surface area contributed by atoms with Gasteiger partial charge in [-0.15, -0.1) is 10.2 Å². The van der Waals surface area contributed by atoms with Gasteiger partial charge in [0.05, 0.1) is 12.2 Å². The molecule has 0 bridgehead atoms. The van der Waals surface area contributed by atoms with Crippen LogP contribution in [0.5, 0.6) is 0 Å². The topological polar surface area (TPSA) is 90.0 Å². The number of nitrogens with zero attached hydrogens (tertiary/aromatic N) is 6. The number of carbonyl (C=O) groups excluding carboxylic acids is 1. The Hall–Kier alpha value is -3.55. The number of amides is 1. The molecule has 1 amide bonds. The second-order valence-electron chi connectivity index (χ2n) is 6.19. The van der Waals surface area contributed by atoms with Crippen LogP contribution in [0.25, 0.3) is 5.78 Å². The monoisotopic (exact) mass is 361 g/mol. The summed E-state index contributed by atoms with van der Waals surface area (Å²) in [6.45, 7) is 2.84. The highest BCUT2D eigenvalue weighted by atomic mass is 16.2. The van der Waals surface area contributed by atoms with Gasteiger partial charge in [0.25, 0.3) is 5.91 Å². The summed E-state index contributed by atoms with van der Waals surface area (Å²) >= 11 is 0. The molecular formula is C19H19N7O. The van der Waals surface area contributed by atoms with Crippen LogP contribution in [0.15, 0.2) is 55.1 Å². The third-order valence-electron chi connectivity index (χ3n) is 4.38. The van der Waals surface area contributed by atoms with E-state index in [9.17, 15) is 4.79 Å². The summed E-state index contributed by atoms with van der Waals surface area (Å²) in [6.07, 6.45) is 5.99. The Morgan fingerprint density at radius 1 is 1.19 bits per heavy atom. The van der Waals surface area contributed by atoms with E-state index in [1.54, 1.807) is 36.1 Å². The Kier molecular flexibility index (Phi) is 4.61. The number of hydrogen-bond acceptors (Lipinski definition) is 5. The van der Waals surface area contributed by atoms with Gasteiger partial charge in [-0.3, -0.25) is 9.20 Å². The first-order chi connectivity index (χ1) is 13.2. The Labute approximate surface area is 155 Å². The number of benzene rings is 1. The van der Waals surface area contributed by atoms with E-state index in [4.69, 9.17) is 0 Å². The summed E-state index contributed by atoms with van der Waals surface area (Å²) < 4.78 is 3.64. The van der Waals surface area contributed by atoms with Crippen LogP contribution in [0.1, 0.15) is 27.6 Å². The molecular weight excluding hydrogens is 342 g/mol. The molecule has 0 spiro atoms. The van der Waals surface area contributed by atoms with Gasteiger partial charge >= 0.3 is 0 Å². The number of hydrogen-bond donors (Lipinski definition) is 1. The maximum absolute atomic E-state index is 12.7. The molecule has 0 radical (unpaired) electrons. The van der Waals surface area contributed by atoms with Crippen LogP contribution in [0, 0.1) is 6.92 Å². The van der Waals surface area contributed by atoms with Gasteiger partial charge in [-0.25, -0.2) is 9.97 Å². The van der Waals surface area contributed by atoms with Crippen LogP contribution < -0.4 is 5.32 Å². The van der Waals surface area contributed by atoms with E-state index >= 15 is 0 Å². The number of rotatable bonds is 6. The average molecular weight is 361 g/mol. The lowest BCUT2D eigenvalue weighted by Gasteiger charge is -2.08. The number of nitrogens with one attached hydrogen (secondary N) is 1. The smallest absolute Gasteiger partial charge is 0.270 e. The summed E-state index contributed by atoms with van der Waals surface area (Å²) in [4.78, 5) is 21.2. The van der Waals surface area contributed by atoms with Crippen molar-refractivity contribution < 1.29 is 4.79 Å². The predicted molar refractivity (Wildman–Crippen MR) is 99.1 cm³/mol. The lowest BCUT2D eigenvalue weighted by Crippen LogP contribution is -2.26. The number of fused-ring (bicyclic) bond motifs is 1. The van der Waals surface area contributed by atoms with Crippen molar-refractivity contribution in [1.29, 1.82) is 0 Å². The van der Waals surface area contributed by atoms with Gasteiger partial charge in [0.2, 0.25) is 5.78 Å². The highest BCUT2D eigenvalue weighted by Crippen LogP contribution is 2.10. The molecule has 3 aromatic heterocycles. The molecule has 0 fully saturated rings. The molecule has 0 aliphatic rings. The van der Waals surface area contributed by atoms with Crippen molar-refractivity contribution in [2.75, 3.05) is 0 Å². The molecule has 4 rings (SSSR count). The van der Waals surface area contributed by atoms with Gasteiger partial charge in [-0.05, 0) is 25.0 Å². The minimum atomic E-state index is -0.217. The van der Waals surface area contributed by atoms with Crippen molar-refractivity contribution in [3.05, 3.63) is 77.9 Å². The molecule has 0 aliphatic heterocycles. The van der Waals surface area contributed by atoms with E-state index < -0.39 is 0 Å². The summed E-state index contributed by atoms with van der Waals surface area (Å²) in [7, 11) is 0. The normalized spacial score (nSPS) is 11.0. The maximum atomic E-state index is 12.7. The van der Waals surface area contributed by atoms with Crippen molar-refractivity contribution in [3.8, 4) is 0 Å². The largest absolute Gasteiger partial charge is 0.343 e. The zero-order valence-electron chi connectivity index (χ0n) is 14.9. The fourth-order valence-electron chi connectivity index (χ4n) is 3.01. The summed E-state index contributed by atoms with van der Waals surface area (Å²) in [5.74, 6) is 1.00. The predicted octanol–water partition coefficient (Wildman–Crippen LogP) is 1.80. The summed E-state index contributed by atoms with van der Waals surface area (Å²) in [5.41, 5.74) is 2.36. The number of carbonyl (C=O) groups is 1. The molecule has 1 N–H and O–H groups in total. The van der Waals surface area contributed by atoms with Gasteiger partial charge in [-0.2, -0.15) is 0 Å². The van der Waals surface area contributed by atoms with E-state index in [0.29, 0.717) is 29.5 Å². The standard InChI is InChI=1S/C19H19N7O/c1-14-17(26-10-5-9-20-19(26)23-14)18(27)21-12-16-24-22-13-25(16)11-8-15-6-3-2-4-7-15/h2-7,9-10,13H,8,11-12H2,1H3,(H,21,27). The molecule has 136 valence electrons. The number of imidazole rings is 1. The molecule has 4 aromatic rings. The first kappa shape index (κ1) is 16.9. The minimum Gasteiger partial charge on any atom is -0.343 e. The lowest BCUT2D eigenvalue weighted by atomic mass is 10.1. The molecule has 0 saturated carbocycles. The van der Waals surface area contributed by atoms with Gasteiger partial charge in [0.15, 0.2) is 5.82 Å². The molecule has 27 heavy (non-hydrogen) atoms. The van der Waals surface area contributed by atoms with Crippen LogP contribution in [0.3, 0.4) is 0 Å². The quantitative estimate of drug-likeness (QED) is 0.566. The second-order valence-corrected chi connectivity index (χ2v) is 6.19.